The number of rotatable bonds is 4. The van der Waals surface area contributed by atoms with Crippen LogP contribution in [-0.4, -0.2) is 16.1 Å². The largest absolute Gasteiger partial charge is 0.478 e. The minimum atomic E-state index is -0.902. The van der Waals surface area contributed by atoms with Crippen molar-refractivity contribution in [2.75, 3.05) is 0 Å². The molecule has 0 saturated carbocycles. The van der Waals surface area contributed by atoms with Gasteiger partial charge in [0.15, 0.2) is 0 Å². The van der Waals surface area contributed by atoms with Crippen molar-refractivity contribution in [1.29, 1.82) is 0 Å². The van der Waals surface area contributed by atoms with Crippen molar-refractivity contribution in [3.05, 3.63) is 76.4 Å². The lowest BCUT2D eigenvalue weighted by atomic mass is 10.0. The van der Waals surface area contributed by atoms with Crippen molar-refractivity contribution >= 4 is 28.5 Å². The summed E-state index contributed by atoms with van der Waals surface area (Å²) in [4.78, 5) is 15.6. The SMILES string of the molecule is O=C(O)c1cccc(CCc2ccc3ccc(Cl)cc3n2)c1. The van der Waals surface area contributed by atoms with Crippen LogP contribution in [0.5, 0.6) is 0 Å². The molecule has 22 heavy (non-hydrogen) atoms. The minimum Gasteiger partial charge on any atom is -0.478 e. The van der Waals surface area contributed by atoms with Crippen molar-refractivity contribution in [2.45, 2.75) is 12.8 Å². The maximum Gasteiger partial charge on any atom is 0.335 e. The highest BCUT2D eigenvalue weighted by molar-refractivity contribution is 6.31. The first kappa shape index (κ1) is 14.5. The maximum atomic E-state index is 11.0. The predicted octanol–water partition coefficient (Wildman–Crippen LogP) is 4.37. The molecule has 4 heteroatoms. The van der Waals surface area contributed by atoms with Crippen LogP contribution >= 0.6 is 11.6 Å². The normalized spacial score (nSPS) is 10.8. The van der Waals surface area contributed by atoms with E-state index in [0.717, 1.165) is 35.0 Å². The zero-order valence-corrected chi connectivity index (χ0v) is 12.5. The second kappa shape index (κ2) is 6.16. The zero-order valence-electron chi connectivity index (χ0n) is 11.8. The molecule has 0 aliphatic rings. The number of hydrogen-bond donors (Lipinski definition) is 1. The third-order valence-electron chi connectivity index (χ3n) is 3.56. The Kier molecular flexibility index (Phi) is 4.07. The highest BCUT2D eigenvalue weighted by atomic mass is 35.5. The molecule has 0 fully saturated rings. The van der Waals surface area contributed by atoms with Gasteiger partial charge < -0.3 is 5.11 Å². The van der Waals surface area contributed by atoms with Crippen LogP contribution in [0.1, 0.15) is 21.6 Å². The Morgan fingerprint density at radius 1 is 1.05 bits per heavy atom. The van der Waals surface area contributed by atoms with E-state index in [4.69, 9.17) is 16.7 Å². The van der Waals surface area contributed by atoms with Crippen LogP contribution in [-0.2, 0) is 12.8 Å². The Morgan fingerprint density at radius 3 is 2.68 bits per heavy atom. The van der Waals surface area contributed by atoms with Gasteiger partial charge in [0.25, 0.3) is 0 Å². The summed E-state index contributed by atoms with van der Waals surface area (Å²) in [6.07, 6.45) is 1.51. The number of benzene rings is 2. The van der Waals surface area contributed by atoms with Gasteiger partial charge in [0.2, 0.25) is 0 Å². The Balaban J connectivity index is 1.78. The van der Waals surface area contributed by atoms with E-state index in [1.54, 1.807) is 18.2 Å². The molecule has 0 amide bonds. The van der Waals surface area contributed by atoms with Gasteiger partial charge in [-0.2, -0.15) is 0 Å². The van der Waals surface area contributed by atoms with Crippen molar-refractivity contribution in [1.82, 2.24) is 4.98 Å². The number of carboxylic acids is 1. The number of hydrogen-bond acceptors (Lipinski definition) is 2. The van der Waals surface area contributed by atoms with E-state index in [0.29, 0.717) is 10.6 Å². The van der Waals surface area contributed by atoms with E-state index in [1.165, 1.54) is 0 Å². The lowest BCUT2D eigenvalue weighted by molar-refractivity contribution is 0.0697. The van der Waals surface area contributed by atoms with Crippen molar-refractivity contribution < 1.29 is 9.90 Å². The molecule has 2 aromatic carbocycles. The minimum absolute atomic E-state index is 0.316. The molecule has 0 bridgehead atoms. The van der Waals surface area contributed by atoms with E-state index in [2.05, 4.69) is 4.98 Å². The quantitative estimate of drug-likeness (QED) is 0.778. The summed E-state index contributed by atoms with van der Waals surface area (Å²) >= 11 is 6.00. The molecular weight excluding hydrogens is 298 g/mol. The van der Waals surface area contributed by atoms with E-state index in [1.807, 2.05) is 36.4 Å². The van der Waals surface area contributed by atoms with Gasteiger partial charge in [-0.25, -0.2) is 4.79 Å². The molecule has 0 atom stereocenters. The monoisotopic (exact) mass is 311 g/mol. The second-order valence-corrected chi connectivity index (χ2v) is 5.58. The molecule has 1 heterocycles. The number of fused-ring (bicyclic) bond motifs is 1. The molecule has 0 aliphatic heterocycles. The van der Waals surface area contributed by atoms with Crippen LogP contribution in [0.4, 0.5) is 0 Å². The average molecular weight is 312 g/mol. The number of carbonyl (C=O) groups is 1. The van der Waals surface area contributed by atoms with Gasteiger partial charge in [-0.05, 0) is 48.7 Å². The van der Waals surface area contributed by atoms with Crippen molar-refractivity contribution in [3.8, 4) is 0 Å². The van der Waals surface area contributed by atoms with Crippen LogP contribution in [0.25, 0.3) is 10.9 Å². The number of carboxylic acid groups (broad SMARTS) is 1. The number of pyridine rings is 1. The molecule has 0 unspecified atom stereocenters. The Labute approximate surface area is 133 Å². The smallest absolute Gasteiger partial charge is 0.335 e. The van der Waals surface area contributed by atoms with E-state index in [9.17, 15) is 4.79 Å². The van der Waals surface area contributed by atoms with Gasteiger partial charge in [-0.1, -0.05) is 35.9 Å². The molecule has 1 aromatic heterocycles. The average Bonchev–Trinajstić information content (AvgIpc) is 2.52. The molecular formula is C18H14ClNO2. The molecule has 3 nitrogen and oxygen atoms in total. The van der Waals surface area contributed by atoms with E-state index >= 15 is 0 Å². The van der Waals surface area contributed by atoms with Crippen LogP contribution in [0.15, 0.2) is 54.6 Å². The van der Waals surface area contributed by atoms with Gasteiger partial charge in [0.1, 0.15) is 0 Å². The Hall–Kier alpha value is -2.39. The van der Waals surface area contributed by atoms with Crippen LogP contribution in [0.2, 0.25) is 5.02 Å². The van der Waals surface area contributed by atoms with Gasteiger partial charge in [0, 0.05) is 16.1 Å². The fraction of sp³-hybridized carbons (Fsp3) is 0.111. The number of halogens is 1. The van der Waals surface area contributed by atoms with Crippen molar-refractivity contribution in [3.63, 3.8) is 0 Å². The summed E-state index contributed by atoms with van der Waals surface area (Å²) in [6, 6.07) is 16.7. The molecule has 0 aliphatic carbocycles. The molecule has 3 rings (SSSR count). The first-order valence-corrected chi connectivity index (χ1v) is 7.37. The number of aryl methyl sites for hydroxylation is 2. The second-order valence-electron chi connectivity index (χ2n) is 5.15. The van der Waals surface area contributed by atoms with E-state index in [-0.39, 0.29) is 0 Å². The summed E-state index contributed by atoms with van der Waals surface area (Å²) in [7, 11) is 0. The Morgan fingerprint density at radius 2 is 1.86 bits per heavy atom. The zero-order chi connectivity index (χ0) is 15.5. The fourth-order valence-electron chi connectivity index (χ4n) is 2.40. The molecule has 1 N–H and O–H groups in total. The third kappa shape index (κ3) is 3.26. The van der Waals surface area contributed by atoms with Crippen LogP contribution in [0.3, 0.4) is 0 Å². The molecule has 0 spiro atoms. The van der Waals surface area contributed by atoms with Gasteiger partial charge >= 0.3 is 5.97 Å². The summed E-state index contributed by atoms with van der Waals surface area (Å²) < 4.78 is 0. The highest BCUT2D eigenvalue weighted by Crippen LogP contribution is 2.18. The van der Waals surface area contributed by atoms with Crippen LogP contribution in [0, 0.1) is 0 Å². The first-order chi connectivity index (χ1) is 10.6. The lowest BCUT2D eigenvalue weighted by Gasteiger charge is -2.05. The summed E-state index contributed by atoms with van der Waals surface area (Å²) in [5.41, 5.74) is 3.16. The summed E-state index contributed by atoms with van der Waals surface area (Å²) in [5.74, 6) is -0.902. The van der Waals surface area contributed by atoms with Gasteiger partial charge in [0.05, 0.1) is 11.1 Å². The lowest BCUT2D eigenvalue weighted by Crippen LogP contribution is -1.99. The maximum absolute atomic E-state index is 11.0. The Bertz CT molecular complexity index is 845. The van der Waals surface area contributed by atoms with Crippen molar-refractivity contribution in [2.24, 2.45) is 0 Å². The third-order valence-corrected chi connectivity index (χ3v) is 3.79. The van der Waals surface area contributed by atoms with E-state index < -0.39 is 5.97 Å². The number of aromatic carboxylic acids is 1. The van der Waals surface area contributed by atoms with Crippen LogP contribution < -0.4 is 0 Å². The highest BCUT2D eigenvalue weighted by Gasteiger charge is 2.04. The summed E-state index contributed by atoms with van der Waals surface area (Å²) in [5, 5.41) is 10.7. The molecule has 0 radical (unpaired) electrons. The molecule has 3 aromatic rings. The standard InChI is InChI=1S/C18H14ClNO2/c19-15-7-5-13-6-9-16(20-17(13)11-15)8-4-12-2-1-3-14(10-12)18(21)22/h1-3,5-7,9-11H,4,8H2,(H,21,22). The number of nitrogens with zero attached hydrogens (tertiary/aromatic N) is 1. The predicted molar refractivity (Wildman–Crippen MR) is 87.6 cm³/mol. The summed E-state index contributed by atoms with van der Waals surface area (Å²) in [6.45, 7) is 0. The first-order valence-electron chi connectivity index (χ1n) is 6.99. The molecule has 0 saturated heterocycles. The topological polar surface area (TPSA) is 50.2 Å². The van der Waals surface area contributed by atoms with Gasteiger partial charge in [-0.3, -0.25) is 4.98 Å². The van der Waals surface area contributed by atoms with Gasteiger partial charge in [-0.15, -0.1) is 0 Å². The fourth-order valence-corrected chi connectivity index (χ4v) is 2.57. The number of aromatic nitrogens is 1. The molecule has 110 valence electrons.